The molecule has 3 N–H and O–H groups in total. The number of anilines is 3. The largest absolute Gasteiger partial charge is 0.396 e. The number of hydrogen-bond acceptors (Lipinski definition) is 8. The van der Waals surface area contributed by atoms with Gasteiger partial charge in [0.15, 0.2) is 17.0 Å². The Morgan fingerprint density at radius 3 is 2.80 bits per heavy atom. The van der Waals surface area contributed by atoms with Crippen molar-refractivity contribution in [2.24, 2.45) is 5.41 Å². The molecule has 0 spiro atoms. The van der Waals surface area contributed by atoms with Crippen LogP contribution in [-0.4, -0.2) is 51.0 Å². The maximum atomic E-state index is 9.69. The highest BCUT2D eigenvalue weighted by atomic mass is 79.9. The molecule has 0 atom stereocenters. The summed E-state index contributed by atoms with van der Waals surface area (Å²) in [5.74, 6) is 1.02. The molecule has 154 valence electrons. The van der Waals surface area contributed by atoms with E-state index < -0.39 is 0 Å². The van der Waals surface area contributed by atoms with E-state index >= 15 is 0 Å². The Morgan fingerprint density at radius 2 is 2.13 bits per heavy atom. The number of nitriles is 1. The highest BCUT2D eigenvalue weighted by Crippen LogP contribution is 2.38. The van der Waals surface area contributed by atoms with E-state index in [1.54, 1.807) is 12.1 Å². The van der Waals surface area contributed by atoms with Crippen LogP contribution in [-0.2, 0) is 4.74 Å². The van der Waals surface area contributed by atoms with Crippen molar-refractivity contribution in [2.75, 3.05) is 37.0 Å². The molecule has 10 heteroatoms. The summed E-state index contributed by atoms with van der Waals surface area (Å²) in [5, 5.41) is 25.5. The molecule has 0 bridgehead atoms. The first-order valence-corrected chi connectivity index (χ1v) is 10.5. The Bertz CT molecular complexity index is 1140. The molecule has 2 fully saturated rings. The molecular formula is C20H20BrN7O2. The molecule has 0 unspecified atom stereocenters. The predicted octanol–water partition coefficient (Wildman–Crippen LogP) is 2.96. The van der Waals surface area contributed by atoms with Gasteiger partial charge in [-0.2, -0.15) is 15.2 Å². The van der Waals surface area contributed by atoms with Gasteiger partial charge in [-0.25, -0.2) is 4.98 Å². The number of hydrogen-bond donors (Lipinski definition) is 3. The van der Waals surface area contributed by atoms with E-state index in [2.05, 4.69) is 47.2 Å². The van der Waals surface area contributed by atoms with Crippen molar-refractivity contribution in [2.45, 2.75) is 18.9 Å². The zero-order valence-electron chi connectivity index (χ0n) is 16.1. The van der Waals surface area contributed by atoms with Crippen molar-refractivity contribution in [3.05, 3.63) is 34.6 Å². The number of aliphatic hydroxyl groups excluding tert-OH is 1. The maximum absolute atomic E-state index is 9.69. The van der Waals surface area contributed by atoms with E-state index in [9.17, 15) is 10.4 Å². The highest BCUT2D eigenvalue weighted by Gasteiger charge is 2.38. The lowest BCUT2D eigenvalue weighted by Crippen LogP contribution is -2.50. The summed E-state index contributed by atoms with van der Waals surface area (Å²) in [6.07, 6.45) is 4.04. The van der Waals surface area contributed by atoms with Crippen molar-refractivity contribution in [3.8, 4) is 6.07 Å². The standard InChI is InChI=1S/C20H20BrN7O2/c21-13-3-12(6-22)4-14(5-13)25-17-16-18(28(11-24-16)15-1-2-15)27-19(26-17)23-7-20(8-29)9-30-10-20/h3-5,11,15,29H,1-2,7-10H2,(H2,23,25,26,27). The number of imidazole rings is 1. The van der Waals surface area contributed by atoms with Crippen molar-refractivity contribution >= 4 is 44.5 Å². The van der Waals surface area contributed by atoms with Gasteiger partial charge in [-0.3, -0.25) is 0 Å². The average molecular weight is 470 g/mol. The summed E-state index contributed by atoms with van der Waals surface area (Å²) >= 11 is 3.44. The number of nitrogens with zero attached hydrogens (tertiary/aromatic N) is 5. The van der Waals surface area contributed by atoms with Crippen LogP contribution >= 0.6 is 15.9 Å². The lowest BCUT2D eigenvalue weighted by molar-refractivity contribution is -0.128. The summed E-state index contributed by atoms with van der Waals surface area (Å²) in [6, 6.07) is 7.97. The molecular weight excluding hydrogens is 450 g/mol. The molecule has 30 heavy (non-hydrogen) atoms. The zero-order chi connectivity index (χ0) is 20.7. The lowest BCUT2D eigenvalue weighted by atomic mass is 9.87. The normalized spacial score (nSPS) is 17.4. The summed E-state index contributed by atoms with van der Waals surface area (Å²) in [7, 11) is 0. The first-order chi connectivity index (χ1) is 14.6. The molecule has 2 aliphatic rings. The molecule has 1 saturated carbocycles. The topological polar surface area (TPSA) is 121 Å². The third-order valence-electron chi connectivity index (χ3n) is 5.42. The number of aliphatic hydroxyl groups is 1. The van der Waals surface area contributed by atoms with Gasteiger partial charge in [-0.05, 0) is 31.0 Å². The Hall–Kier alpha value is -2.74. The van der Waals surface area contributed by atoms with Crippen LogP contribution in [0.2, 0.25) is 0 Å². The smallest absolute Gasteiger partial charge is 0.226 e. The summed E-state index contributed by atoms with van der Waals surface area (Å²) in [4.78, 5) is 13.9. The van der Waals surface area contributed by atoms with Gasteiger partial charge in [0, 0.05) is 22.7 Å². The van der Waals surface area contributed by atoms with E-state index in [4.69, 9.17) is 9.72 Å². The Balaban J connectivity index is 1.51. The number of ether oxygens (including phenoxy) is 1. The van der Waals surface area contributed by atoms with Gasteiger partial charge in [-0.15, -0.1) is 0 Å². The number of nitrogens with one attached hydrogen (secondary N) is 2. The van der Waals surface area contributed by atoms with Crippen LogP contribution < -0.4 is 10.6 Å². The number of halogens is 1. The van der Waals surface area contributed by atoms with E-state index in [1.807, 2.05) is 12.4 Å². The van der Waals surface area contributed by atoms with E-state index in [0.29, 0.717) is 48.6 Å². The number of rotatable bonds is 7. The molecule has 3 aromatic rings. The second kappa shape index (κ2) is 7.50. The minimum absolute atomic E-state index is 0.0440. The fraction of sp³-hybridized carbons (Fsp3) is 0.400. The molecule has 0 radical (unpaired) electrons. The number of fused-ring (bicyclic) bond motifs is 1. The monoisotopic (exact) mass is 469 g/mol. The van der Waals surface area contributed by atoms with Crippen molar-refractivity contribution in [3.63, 3.8) is 0 Å². The predicted molar refractivity (Wildman–Crippen MR) is 115 cm³/mol. The van der Waals surface area contributed by atoms with Crippen LogP contribution in [0.1, 0.15) is 24.4 Å². The molecule has 1 aliphatic heterocycles. The molecule has 1 saturated heterocycles. The average Bonchev–Trinajstić information content (AvgIpc) is 3.46. The third-order valence-corrected chi connectivity index (χ3v) is 5.88. The third kappa shape index (κ3) is 3.60. The quantitative estimate of drug-likeness (QED) is 0.482. The summed E-state index contributed by atoms with van der Waals surface area (Å²) < 4.78 is 8.16. The fourth-order valence-corrected chi connectivity index (χ4v) is 3.97. The van der Waals surface area contributed by atoms with Crippen molar-refractivity contribution in [1.29, 1.82) is 5.26 Å². The second-order valence-corrected chi connectivity index (χ2v) is 8.84. The van der Waals surface area contributed by atoms with Crippen molar-refractivity contribution < 1.29 is 9.84 Å². The van der Waals surface area contributed by atoms with Gasteiger partial charge in [0.2, 0.25) is 5.95 Å². The maximum Gasteiger partial charge on any atom is 0.226 e. The lowest BCUT2D eigenvalue weighted by Gasteiger charge is -2.39. The summed E-state index contributed by atoms with van der Waals surface area (Å²) in [6.45, 7) is 1.58. The zero-order valence-corrected chi connectivity index (χ0v) is 17.7. The summed E-state index contributed by atoms with van der Waals surface area (Å²) in [5.41, 5.74) is 2.40. The van der Waals surface area contributed by atoms with Crippen LogP contribution in [0.3, 0.4) is 0 Å². The fourth-order valence-electron chi connectivity index (χ4n) is 3.47. The first-order valence-electron chi connectivity index (χ1n) is 9.74. The van der Waals surface area contributed by atoms with Gasteiger partial charge in [-0.1, -0.05) is 15.9 Å². The Labute approximate surface area is 181 Å². The van der Waals surface area contributed by atoms with E-state index in [1.165, 1.54) is 0 Å². The van der Waals surface area contributed by atoms with E-state index in [-0.39, 0.29) is 12.0 Å². The minimum Gasteiger partial charge on any atom is -0.396 e. The van der Waals surface area contributed by atoms with Gasteiger partial charge in [0.05, 0.1) is 43.2 Å². The highest BCUT2D eigenvalue weighted by molar-refractivity contribution is 9.10. The number of aromatic nitrogens is 4. The minimum atomic E-state index is -0.297. The van der Waals surface area contributed by atoms with Crippen LogP contribution in [0.25, 0.3) is 11.2 Å². The van der Waals surface area contributed by atoms with Gasteiger partial charge in [0.25, 0.3) is 0 Å². The second-order valence-electron chi connectivity index (χ2n) is 7.92. The molecule has 0 amide bonds. The molecule has 9 nitrogen and oxygen atoms in total. The van der Waals surface area contributed by atoms with Crippen molar-refractivity contribution in [1.82, 2.24) is 19.5 Å². The van der Waals surface area contributed by atoms with Gasteiger partial charge >= 0.3 is 0 Å². The van der Waals surface area contributed by atoms with Crippen LogP contribution in [0.15, 0.2) is 29.0 Å². The van der Waals surface area contributed by atoms with E-state index in [0.717, 1.165) is 28.6 Å². The molecule has 2 aromatic heterocycles. The first kappa shape index (κ1) is 19.2. The van der Waals surface area contributed by atoms with Crippen LogP contribution in [0.4, 0.5) is 17.5 Å². The Kier molecular flexibility index (Phi) is 4.81. The molecule has 3 heterocycles. The number of benzene rings is 1. The van der Waals surface area contributed by atoms with Gasteiger partial charge in [0.1, 0.15) is 0 Å². The van der Waals surface area contributed by atoms with Crippen LogP contribution in [0, 0.1) is 16.7 Å². The molecule has 5 rings (SSSR count). The molecule has 1 aliphatic carbocycles. The SMILES string of the molecule is N#Cc1cc(Br)cc(Nc2nc(NCC3(CO)COC3)nc3c2ncn3C2CC2)c1. The van der Waals surface area contributed by atoms with Gasteiger partial charge < -0.3 is 25.0 Å². The van der Waals surface area contributed by atoms with Crippen LogP contribution in [0.5, 0.6) is 0 Å². The molecule has 1 aromatic carbocycles. The Morgan fingerprint density at radius 1 is 1.30 bits per heavy atom.